The summed E-state index contributed by atoms with van der Waals surface area (Å²) in [5.41, 5.74) is 1.37. The van der Waals surface area contributed by atoms with E-state index in [2.05, 4.69) is 16.9 Å². The van der Waals surface area contributed by atoms with Crippen molar-refractivity contribution >= 4 is 15.7 Å². The van der Waals surface area contributed by atoms with Crippen LogP contribution in [0, 0.1) is 0 Å². The van der Waals surface area contributed by atoms with E-state index in [1.54, 1.807) is 10.9 Å². The molecule has 3 rings (SSSR count). The van der Waals surface area contributed by atoms with Crippen LogP contribution < -0.4 is 9.04 Å². The lowest BCUT2D eigenvalue weighted by Crippen LogP contribution is -2.28. The van der Waals surface area contributed by atoms with Gasteiger partial charge in [0, 0.05) is 19.6 Å². The SMILES string of the molecule is C[C@@H]1CCCN1CCCOc1ccc(-n2cc(N(C)S(C)(=O)=O)cn2)cc1. The topological polar surface area (TPSA) is 67.7 Å². The lowest BCUT2D eigenvalue weighted by atomic mass is 10.2. The Labute approximate surface area is 161 Å². The number of ether oxygens (including phenoxy) is 1. The normalized spacial score (nSPS) is 18.0. The molecule has 1 aliphatic rings. The minimum Gasteiger partial charge on any atom is -0.494 e. The molecule has 7 nitrogen and oxygen atoms in total. The lowest BCUT2D eigenvalue weighted by Gasteiger charge is -2.20. The molecule has 1 atom stereocenters. The standard InChI is InChI=1S/C19H28N4O3S/c1-16-6-4-11-22(16)12-5-13-26-19-9-7-17(8-10-19)23-15-18(14-20-23)21(2)27(3,24)25/h7-10,14-16H,4-6,11-13H2,1-3H3/t16-/m1/s1. The zero-order valence-corrected chi connectivity index (χ0v) is 17.0. The fourth-order valence-electron chi connectivity index (χ4n) is 3.29. The van der Waals surface area contributed by atoms with Gasteiger partial charge in [0.1, 0.15) is 5.75 Å². The summed E-state index contributed by atoms with van der Waals surface area (Å²) in [5.74, 6) is 0.828. The third kappa shape index (κ3) is 5.01. The molecule has 0 saturated carbocycles. The lowest BCUT2D eigenvalue weighted by molar-refractivity contribution is 0.230. The van der Waals surface area contributed by atoms with E-state index in [0.29, 0.717) is 18.3 Å². The van der Waals surface area contributed by atoms with Gasteiger partial charge in [0.05, 0.1) is 36.6 Å². The second kappa shape index (κ2) is 8.31. The summed E-state index contributed by atoms with van der Waals surface area (Å²) in [6.45, 7) is 5.29. The molecule has 2 heterocycles. The van der Waals surface area contributed by atoms with E-state index in [-0.39, 0.29) is 0 Å². The second-order valence-electron chi connectivity index (χ2n) is 7.10. The molecule has 1 aromatic carbocycles. The molecule has 0 radical (unpaired) electrons. The number of likely N-dealkylation sites (tertiary alicyclic amines) is 1. The molecule has 0 unspecified atom stereocenters. The Morgan fingerprint density at radius 3 is 2.67 bits per heavy atom. The van der Waals surface area contributed by atoms with E-state index in [0.717, 1.165) is 24.4 Å². The molecule has 1 saturated heterocycles. The molecular formula is C19H28N4O3S. The third-order valence-electron chi connectivity index (χ3n) is 5.08. The van der Waals surface area contributed by atoms with Gasteiger partial charge in [-0.2, -0.15) is 5.10 Å². The first kappa shape index (κ1) is 19.7. The van der Waals surface area contributed by atoms with Crippen LogP contribution >= 0.6 is 0 Å². The predicted octanol–water partition coefficient (Wildman–Crippen LogP) is 2.52. The molecule has 2 aromatic rings. The van der Waals surface area contributed by atoms with Crippen LogP contribution in [0.5, 0.6) is 5.75 Å². The summed E-state index contributed by atoms with van der Waals surface area (Å²) in [4.78, 5) is 2.52. The van der Waals surface area contributed by atoms with Crippen molar-refractivity contribution in [1.82, 2.24) is 14.7 Å². The number of aromatic nitrogens is 2. The van der Waals surface area contributed by atoms with Crippen molar-refractivity contribution in [3.8, 4) is 11.4 Å². The fourth-order valence-corrected chi connectivity index (χ4v) is 3.76. The molecule has 0 spiro atoms. The highest BCUT2D eigenvalue weighted by atomic mass is 32.2. The van der Waals surface area contributed by atoms with Crippen molar-refractivity contribution in [3.63, 3.8) is 0 Å². The molecular weight excluding hydrogens is 364 g/mol. The number of anilines is 1. The minimum absolute atomic E-state index is 0.522. The quantitative estimate of drug-likeness (QED) is 0.646. The van der Waals surface area contributed by atoms with Gasteiger partial charge < -0.3 is 9.64 Å². The van der Waals surface area contributed by atoms with Gasteiger partial charge in [0.25, 0.3) is 0 Å². The smallest absolute Gasteiger partial charge is 0.232 e. The maximum atomic E-state index is 11.6. The largest absolute Gasteiger partial charge is 0.494 e. The zero-order chi connectivity index (χ0) is 19.4. The van der Waals surface area contributed by atoms with E-state index < -0.39 is 10.0 Å². The van der Waals surface area contributed by atoms with Crippen molar-refractivity contribution in [2.24, 2.45) is 0 Å². The van der Waals surface area contributed by atoms with Gasteiger partial charge in [0.2, 0.25) is 10.0 Å². The van der Waals surface area contributed by atoms with Crippen LogP contribution in [0.1, 0.15) is 26.2 Å². The van der Waals surface area contributed by atoms with Crippen LogP contribution in [0.2, 0.25) is 0 Å². The van der Waals surface area contributed by atoms with Crippen LogP contribution in [-0.4, -0.2) is 62.1 Å². The Morgan fingerprint density at radius 1 is 1.30 bits per heavy atom. The van der Waals surface area contributed by atoms with Gasteiger partial charge in [-0.3, -0.25) is 4.31 Å². The van der Waals surface area contributed by atoms with Crippen LogP contribution in [0.3, 0.4) is 0 Å². The molecule has 0 aliphatic carbocycles. The summed E-state index contributed by atoms with van der Waals surface area (Å²) < 4.78 is 31.9. The average Bonchev–Trinajstić information content (AvgIpc) is 3.27. The van der Waals surface area contributed by atoms with Crippen LogP contribution in [0.4, 0.5) is 5.69 Å². The number of rotatable bonds is 8. The first-order valence-corrected chi connectivity index (χ1v) is 11.2. The van der Waals surface area contributed by atoms with Crippen molar-refractivity contribution < 1.29 is 13.2 Å². The van der Waals surface area contributed by atoms with Gasteiger partial charge >= 0.3 is 0 Å². The molecule has 1 fully saturated rings. The van der Waals surface area contributed by atoms with Crippen LogP contribution in [-0.2, 0) is 10.0 Å². The maximum Gasteiger partial charge on any atom is 0.232 e. The van der Waals surface area contributed by atoms with E-state index in [1.165, 1.54) is 43.2 Å². The maximum absolute atomic E-state index is 11.6. The monoisotopic (exact) mass is 392 g/mol. The highest BCUT2D eigenvalue weighted by Crippen LogP contribution is 2.20. The summed E-state index contributed by atoms with van der Waals surface area (Å²) in [7, 11) is -1.79. The van der Waals surface area contributed by atoms with E-state index in [1.807, 2.05) is 24.3 Å². The zero-order valence-electron chi connectivity index (χ0n) is 16.2. The highest BCUT2D eigenvalue weighted by Gasteiger charge is 2.19. The van der Waals surface area contributed by atoms with Crippen LogP contribution in [0.15, 0.2) is 36.7 Å². The number of benzene rings is 1. The Kier molecular flexibility index (Phi) is 6.06. The van der Waals surface area contributed by atoms with E-state index in [4.69, 9.17) is 4.74 Å². The van der Waals surface area contributed by atoms with Gasteiger partial charge in [-0.15, -0.1) is 0 Å². The minimum atomic E-state index is -3.30. The third-order valence-corrected chi connectivity index (χ3v) is 6.29. The Bertz CT molecular complexity index is 848. The molecule has 27 heavy (non-hydrogen) atoms. The molecule has 0 bridgehead atoms. The van der Waals surface area contributed by atoms with Gasteiger partial charge in [-0.1, -0.05) is 0 Å². The summed E-state index contributed by atoms with van der Waals surface area (Å²) in [6, 6.07) is 8.35. The number of sulfonamides is 1. The van der Waals surface area contributed by atoms with Crippen molar-refractivity contribution in [2.75, 3.05) is 37.3 Å². The fraction of sp³-hybridized carbons (Fsp3) is 0.526. The molecule has 8 heteroatoms. The van der Waals surface area contributed by atoms with Gasteiger partial charge in [-0.25, -0.2) is 13.1 Å². The Hall–Kier alpha value is -2.06. The number of hydrogen-bond donors (Lipinski definition) is 0. The molecule has 0 N–H and O–H groups in total. The molecule has 1 aliphatic heterocycles. The summed E-state index contributed by atoms with van der Waals surface area (Å²) in [6.07, 6.45) is 8.02. The average molecular weight is 393 g/mol. The Morgan fingerprint density at radius 2 is 2.04 bits per heavy atom. The second-order valence-corrected chi connectivity index (χ2v) is 9.11. The first-order valence-electron chi connectivity index (χ1n) is 9.30. The molecule has 148 valence electrons. The van der Waals surface area contributed by atoms with Crippen LogP contribution in [0.25, 0.3) is 5.69 Å². The van der Waals surface area contributed by atoms with E-state index >= 15 is 0 Å². The van der Waals surface area contributed by atoms with Crippen molar-refractivity contribution in [1.29, 1.82) is 0 Å². The summed E-state index contributed by atoms with van der Waals surface area (Å²) in [5, 5.41) is 4.24. The predicted molar refractivity (Wildman–Crippen MR) is 107 cm³/mol. The molecule has 0 amide bonds. The highest BCUT2D eigenvalue weighted by molar-refractivity contribution is 7.92. The number of hydrogen-bond acceptors (Lipinski definition) is 5. The Balaban J connectivity index is 1.52. The summed E-state index contributed by atoms with van der Waals surface area (Å²) >= 11 is 0. The first-order chi connectivity index (χ1) is 12.8. The molecule has 1 aromatic heterocycles. The van der Waals surface area contributed by atoms with Crippen molar-refractivity contribution in [2.45, 2.75) is 32.2 Å². The number of nitrogens with zero attached hydrogens (tertiary/aromatic N) is 4. The van der Waals surface area contributed by atoms with Gasteiger partial charge in [0.15, 0.2) is 0 Å². The van der Waals surface area contributed by atoms with Gasteiger partial charge in [-0.05, 0) is 57.0 Å². The van der Waals surface area contributed by atoms with E-state index in [9.17, 15) is 8.42 Å². The van der Waals surface area contributed by atoms with Crippen molar-refractivity contribution in [3.05, 3.63) is 36.7 Å².